The van der Waals surface area contributed by atoms with Gasteiger partial charge in [-0.3, -0.25) is 9.59 Å². The number of para-hydroxylation sites is 1. The van der Waals surface area contributed by atoms with E-state index in [0.717, 1.165) is 16.2 Å². The summed E-state index contributed by atoms with van der Waals surface area (Å²) in [6.07, 6.45) is 0. The molecule has 4 rings (SSSR count). The van der Waals surface area contributed by atoms with E-state index in [-0.39, 0.29) is 23.0 Å². The first-order valence-corrected chi connectivity index (χ1v) is 12.1. The lowest BCUT2D eigenvalue weighted by atomic mass is 10.1. The molecule has 0 saturated heterocycles. The number of hydrogen-bond acceptors (Lipinski definition) is 7. The third kappa shape index (κ3) is 4.55. The molecule has 1 amide bonds. The second-order valence-electron chi connectivity index (χ2n) is 7.17. The minimum Gasteiger partial charge on any atom is -0.462 e. The molecular weight excluding hydrogens is 480 g/mol. The number of Topliss-reactive ketones (excluding diaryl/α,β-unsaturated/α-hetero) is 1. The smallest absolute Gasteiger partial charge is 0.341 e. The number of nitrogens with zero attached hydrogens (tertiary/aromatic N) is 1. The standard InChI is InChI=1S/C24H19ClN2O4S2/c1-4-31-24(30)20-12(2)21(13(3)28)33-23(20)27-22(29)15-11-17(18-9-10-19(25)32-18)26-16-8-6-5-7-14(15)16/h5-11H,4H2,1-3H3,(H,27,29). The highest BCUT2D eigenvalue weighted by Crippen LogP contribution is 2.36. The van der Waals surface area contributed by atoms with Crippen LogP contribution in [0.1, 0.15) is 49.8 Å². The second kappa shape index (κ2) is 9.43. The molecule has 168 valence electrons. The SMILES string of the molecule is CCOC(=O)c1c(NC(=O)c2cc(-c3ccc(Cl)s3)nc3ccccc23)sc(C(C)=O)c1C. The monoisotopic (exact) mass is 498 g/mol. The van der Waals surface area contributed by atoms with E-state index in [1.54, 1.807) is 26.0 Å². The highest BCUT2D eigenvalue weighted by atomic mass is 35.5. The van der Waals surface area contributed by atoms with Gasteiger partial charge in [0.05, 0.1) is 43.0 Å². The maximum absolute atomic E-state index is 13.4. The predicted molar refractivity (Wildman–Crippen MR) is 133 cm³/mol. The summed E-state index contributed by atoms with van der Waals surface area (Å²) >= 11 is 8.53. The van der Waals surface area contributed by atoms with Crippen molar-refractivity contribution < 1.29 is 19.1 Å². The number of anilines is 1. The summed E-state index contributed by atoms with van der Waals surface area (Å²) < 4.78 is 5.78. The number of hydrogen-bond donors (Lipinski definition) is 1. The summed E-state index contributed by atoms with van der Waals surface area (Å²) in [5, 5.41) is 3.78. The van der Waals surface area contributed by atoms with Crippen LogP contribution in [0.4, 0.5) is 5.00 Å². The van der Waals surface area contributed by atoms with Crippen molar-refractivity contribution in [1.82, 2.24) is 4.98 Å². The molecule has 0 saturated carbocycles. The Morgan fingerprint density at radius 3 is 2.55 bits per heavy atom. The molecule has 1 aromatic carbocycles. The molecular formula is C24H19ClN2O4S2. The van der Waals surface area contributed by atoms with Crippen molar-refractivity contribution in [3.05, 3.63) is 68.4 Å². The number of amides is 1. The normalized spacial score (nSPS) is 10.9. The number of halogens is 1. The van der Waals surface area contributed by atoms with Gasteiger partial charge in [-0.1, -0.05) is 29.8 Å². The van der Waals surface area contributed by atoms with Crippen LogP contribution in [0.2, 0.25) is 4.34 Å². The van der Waals surface area contributed by atoms with Crippen LogP contribution in [0, 0.1) is 6.92 Å². The van der Waals surface area contributed by atoms with Crippen LogP contribution in [-0.4, -0.2) is 29.3 Å². The van der Waals surface area contributed by atoms with Gasteiger partial charge in [0.25, 0.3) is 5.91 Å². The zero-order valence-electron chi connectivity index (χ0n) is 18.0. The van der Waals surface area contributed by atoms with E-state index in [0.29, 0.717) is 36.9 Å². The number of thiophene rings is 2. The fraction of sp³-hybridized carbons (Fsp3) is 0.167. The van der Waals surface area contributed by atoms with Crippen LogP contribution in [-0.2, 0) is 4.74 Å². The average molecular weight is 499 g/mol. The first-order valence-electron chi connectivity index (χ1n) is 10.1. The van der Waals surface area contributed by atoms with Gasteiger partial charge in [-0.2, -0.15) is 0 Å². The zero-order valence-corrected chi connectivity index (χ0v) is 20.4. The molecule has 0 atom stereocenters. The fourth-order valence-corrected chi connectivity index (χ4v) is 5.59. The minimum absolute atomic E-state index is 0.179. The molecule has 0 aliphatic rings. The van der Waals surface area contributed by atoms with Crippen molar-refractivity contribution in [2.45, 2.75) is 20.8 Å². The molecule has 0 aliphatic heterocycles. The van der Waals surface area contributed by atoms with Gasteiger partial charge in [-0.05, 0) is 50.6 Å². The van der Waals surface area contributed by atoms with Crippen LogP contribution in [0.5, 0.6) is 0 Å². The Morgan fingerprint density at radius 1 is 1.12 bits per heavy atom. The molecule has 0 radical (unpaired) electrons. The average Bonchev–Trinajstić information content (AvgIpc) is 3.36. The van der Waals surface area contributed by atoms with Gasteiger partial charge in [0.1, 0.15) is 5.00 Å². The number of carbonyl (C=O) groups excluding carboxylic acids is 3. The summed E-state index contributed by atoms with van der Waals surface area (Å²) in [5.41, 5.74) is 2.36. The molecule has 6 nitrogen and oxygen atoms in total. The molecule has 0 fully saturated rings. The van der Waals surface area contributed by atoms with Crippen LogP contribution in [0.3, 0.4) is 0 Å². The Kier molecular flexibility index (Phi) is 6.60. The van der Waals surface area contributed by atoms with Crippen LogP contribution in [0.25, 0.3) is 21.5 Å². The van der Waals surface area contributed by atoms with Crippen molar-refractivity contribution in [3.8, 4) is 10.6 Å². The van der Waals surface area contributed by atoms with E-state index in [4.69, 9.17) is 16.3 Å². The minimum atomic E-state index is -0.581. The summed E-state index contributed by atoms with van der Waals surface area (Å²) in [4.78, 5) is 44.0. The van der Waals surface area contributed by atoms with Gasteiger partial charge in [-0.25, -0.2) is 9.78 Å². The van der Waals surface area contributed by atoms with E-state index in [9.17, 15) is 14.4 Å². The highest BCUT2D eigenvalue weighted by Gasteiger charge is 2.26. The number of benzene rings is 1. The maximum atomic E-state index is 13.4. The Hall–Kier alpha value is -3.07. The first-order chi connectivity index (χ1) is 15.8. The van der Waals surface area contributed by atoms with Crippen molar-refractivity contribution >= 4 is 67.8 Å². The van der Waals surface area contributed by atoms with E-state index >= 15 is 0 Å². The number of nitrogens with one attached hydrogen (secondary N) is 1. The van der Waals surface area contributed by atoms with Gasteiger partial charge in [-0.15, -0.1) is 22.7 Å². The van der Waals surface area contributed by atoms with Crippen molar-refractivity contribution in [1.29, 1.82) is 0 Å². The third-order valence-corrected chi connectivity index (χ3v) is 7.52. The lowest BCUT2D eigenvalue weighted by Crippen LogP contribution is -2.15. The molecule has 33 heavy (non-hydrogen) atoms. The molecule has 0 spiro atoms. The Morgan fingerprint density at radius 2 is 1.88 bits per heavy atom. The van der Waals surface area contributed by atoms with Gasteiger partial charge < -0.3 is 10.1 Å². The molecule has 0 bridgehead atoms. The highest BCUT2D eigenvalue weighted by molar-refractivity contribution is 7.19. The number of esters is 1. The van der Waals surface area contributed by atoms with Crippen molar-refractivity contribution in [3.63, 3.8) is 0 Å². The topological polar surface area (TPSA) is 85.4 Å². The molecule has 1 N–H and O–H groups in total. The van der Waals surface area contributed by atoms with Crippen LogP contribution in [0.15, 0.2) is 42.5 Å². The summed E-state index contributed by atoms with van der Waals surface area (Å²) in [6.45, 7) is 4.98. The number of fused-ring (bicyclic) bond motifs is 1. The third-order valence-electron chi connectivity index (χ3n) is 4.96. The second-order valence-corrected chi connectivity index (χ2v) is 9.90. The maximum Gasteiger partial charge on any atom is 0.341 e. The van der Waals surface area contributed by atoms with E-state index in [1.807, 2.05) is 30.3 Å². The van der Waals surface area contributed by atoms with Gasteiger partial charge in [0.2, 0.25) is 0 Å². The summed E-state index contributed by atoms with van der Waals surface area (Å²) in [7, 11) is 0. The number of rotatable bonds is 6. The first kappa shape index (κ1) is 23.1. The van der Waals surface area contributed by atoms with Gasteiger partial charge in [0, 0.05) is 5.39 Å². The Bertz CT molecular complexity index is 1410. The van der Waals surface area contributed by atoms with Crippen LogP contribution >= 0.6 is 34.3 Å². The lowest BCUT2D eigenvalue weighted by Gasteiger charge is -2.10. The summed E-state index contributed by atoms with van der Waals surface area (Å²) in [6, 6.07) is 12.7. The van der Waals surface area contributed by atoms with Crippen molar-refractivity contribution in [2.75, 3.05) is 11.9 Å². The number of ether oxygens (including phenoxy) is 1. The van der Waals surface area contributed by atoms with Gasteiger partial charge >= 0.3 is 5.97 Å². The Labute approximate surface area is 203 Å². The molecule has 0 unspecified atom stereocenters. The fourth-order valence-electron chi connectivity index (χ4n) is 3.50. The van der Waals surface area contributed by atoms with Crippen LogP contribution < -0.4 is 5.32 Å². The molecule has 4 aromatic rings. The molecule has 9 heteroatoms. The molecule has 0 aliphatic carbocycles. The predicted octanol–water partition coefficient (Wildman–Crippen LogP) is 6.62. The molecule has 3 heterocycles. The molecule has 3 aromatic heterocycles. The number of pyridine rings is 1. The number of aromatic nitrogens is 1. The van der Waals surface area contributed by atoms with Crippen molar-refractivity contribution in [2.24, 2.45) is 0 Å². The summed E-state index contributed by atoms with van der Waals surface area (Å²) in [5.74, 6) is -1.18. The largest absolute Gasteiger partial charge is 0.462 e. The number of carbonyl (C=O) groups is 3. The zero-order chi connectivity index (χ0) is 23.7. The van der Waals surface area contributed by atoms with E-state index < -0.39 is 11.9 Å². The van der Waals surface area contributed by atoms with E-state index in [2.05, 4.69) is 10.3 Å². The Balaban J connectivity index is 1.81. The quantitative estimate of drug-likeness (QED) is 0.238. The van der Waals surface area contributed by atoms with Gasteiger partial charge in [0.15, 0.2) is 5.78 Å². The lowest BCUT2D eigenvalue weighted by molar-refractivity contribution is 0.0527. The van der Waals surface area contributed by atoms with E-state index in [1.165, 1.54) is 18.3 Å². The number of ketones is 1.